The van der Waals surface area contributed by atoms with Crippen molar-refractivity contribution in [3.8, 4) is 17.6 Å². The highest BCUT2D eigenvalue weighted by molar-refractivity contribution is 6.34. The molecule has 0 spiro atoms. The third-order valence-electron chi connectivity index (χ3n) is 2.67. The molecule has 102 valence electrons. The van der Waals surface area contributed by atoms with Crippen molar-refractivity contribution in [1.82, 2.24) is 4.98 Å². The normalized spacial score (nSPS) is 9.70. The molecule has 0 saturated heterocycles. The first-order chi connectivity index (χ1) is 9.69. The minimum absolute atomic E-state index is 0.264. The van der Waals surface area contributed by atoms with E-state index in [1.807, 2.05) is 6.07 Å². The van der Waals surface area contributed by atoms with Crippen LogP contribution in [0.5, 0.6) is 11.5 Å². The number of ether oxygens (including phenoxy) is 2. The number of hydrogen-bond donors (Lipinski definition) is 1. The lowest BCUT2D eigenvalue weighted by atomic mass is 10.2. The summed E-state index contributed by atoms with van der Waals surface area (Å²) in [5, 5.41) is 12.3. The molecule has 0 saturated carbocycles. The second kappa shape index (κ2) is 6.13. The number of methoxy groups -OCH3 is 2. The van der Waals surface area contributed by atoms with E-state index in [4.69, 9.17) is 26.3 Å². The summed E-state index contributed by atoms with van der Waals surface area (Å²) in [4.78, 5) is 4.12. The minimum atomic E-state index is 0.264. The Bertz CT molecular complexity index is 668. The number of halogens is 1. The lowest BCUT2D eigenvalue weighted by molar-refractivity contribution is 0.405. The summed E-state index contributed by atoms with van der Waals surface area (Å²) in [6.07, 6.45) is 1.51. The van der Waals surface area contributed by atoms with Gasteiger partial charge >= 0.3 is 0 Å². The van der Waals surface area contributed by atoms with E-state index in [0.29, 0.717) is 28.6 Å². The van der Waals surface area contributed by atoms with Crippen LogP contribution in [0.2, 0.25) is 5.02 Å². The lowest BCUT2D eigenvalue weighted by Gasteiger charge is -2.13. The van der Waals surface area contributed by atoms with Gasteiger partial charge in [-0.25, -0.2) is 4.98 Å². The van der Waals surface area contributed by atoms with Gasteiger partial charge in [-0.05, 0) is 18.2 Å². The Morgan fingerprint density at radius 1 is 1.25 bits per heavy atom. The standard InChI is InChI=1S/C14H12ClN3O2/c1-19-10-3-4-12(20-2)11(7-10)18-14-13(15)9(8-16)5-6-17-14/h3-7H,1-2H3,(H,17,18). The molecular weight excluding hydrogens is 278 g/mol. The molecule has 20 heavy (non-hydrogen) atoms. The van der Waals surface area contributed by atoms with Gasteiger partial charge in [0.05, 0.1) is 25.5 Å². The minimum Gasteiger partial charge on any atom is -0.497 e. The molecule has 2 rings (SSSR count). The van der Waals surface area contributed by atoms with E-state index >= 15 is 0 Å². The maximum absolute atomic E-state index is 8.96. The number of nitrogens with one attached hydrogen (secondary N) is 1. The van der Waals surface area contributed by atoms with E-state index in [1.54, 1.807) is 38.5 Å². The predicted molar refractivity (Wildman–Crippen MR) is 76.8 cm³/mol. The number of nitrogens with zero attached hydrogens (tertiary/aromatic N) is 2. The van der Waals surface area contributed by atoms with Crippen LogP contribution >= 0.6 is 11.6 Å². The highest BCUT2D eigenvalue weighted by Crippen LogP contribution is 2.33. The molecule has 1 N–H and O–H groups in total. The first-order valence-electron chi connectivity index (χ1n) is 5.73. The molecule has 0 aliphatic rings. The average molecular weight is 290 g/mol. The average Bonchev–Trinajstić information content (AvgIpc) is 2.49. The van der Waals surface area contributed by atoms with Crippen LogP contribution in [0.3, 0.4) is 0 Å². The molecule has 2 aromatic rings. The van der Waals surface area contributed by atoms with E-state index in [0.717, 1.165) is 0 Å². The molecular formula is C14H12ClN3O2. The summed E-state index contributed by atoms with van der Waals surface area (Å²) in [6.45, 7) is 0. The number of aromatic nitrogens is 1. The topological polar surface area (TPSA) is 67.2 Å². The van der Waals surface area contributed by atoms with Gasteiger partial charge in [0.15, 0.2) is 5.82 Å². The van der Waals surface area contributed by atoms with Crippen LogP contribution in [-0.2, 0) is 0 Å². The van der Waals surface area contributed by atoms with Crippen LogP contribution in [-0.4, -0.2) is 19.2 Å². The van der Waals surface area contributed by atoms with Crippen molar-refractivity contribution in [3.63, 3.8) is 0 Å². The zero-order chi connectivity index (χ0) is 14.5. The molecule has 6 heteroatoms. The van der Waals surface area contributed by atoms with Gasteiger partial charge in [0.25, 0.3) is 0 Å². The molecule has 0 amide bonds. The van der Waals surface area contributed by atoms with E-state index in [2.05, 4.69) is 10.3 Å². The number of benzene rings is 1. The Morgan fingerprint density at radius 2 is 2.05 bits per heavy atom. The van der Waals surface area contributed by atoms with Gasteiger partial charge in [-0.3, -0.25) is 0 Å². The lowest BCUT2D eigenvalue weighted by Crippen LogP contribution is -1.99. The molecule has 0 radical (unpaired) electrons. The molecule has 5 nitrogen and oxygen atoms in total. The maximum atomic E-state index is 8.96. The number of hydrogen-bond acceptors (Lipinski definition) is 5. The number of nitriles is 1. The summed E-state index contributed by atoms with van der Waals surface area (Å²) in [7, 11) is 3.14. The summed E-state index contributed by atoms with van der Waals surface area (Å²) in [6, 6.07) is 8.87. The molecule has 0 fully saturated rings. The highest BCUT2D eigenvalue weighted by Gasteiger charge is 2.11. The number of pyridine rings is 1. The Morgan fingerprint density at radius 3 is 2.70 bits per heavy atom. The number of anilines is 2. The van der Waals surface area contributed by atoms with Crippen LogP contribution in [0.25, 0.3) is 0 Å². The molecule has 0 aliphatic carbocycles. The first-order valence-corrected chi connectivity index (χ1v) is 6.11. The van der Waals surface area contributed by atoms with Crippen molar-refractivity contribution < 1.29 is 9.47 Å². The van der Waals surface area contributed by atoms with E-state index in [1.165, 1.54) is 6.20 Å². The summed E-state index contributed by atoms with van der Waals surface area (Å²) in [5.74, 6) is 1.67. The predicted octanol–water partition coefficient (Wildman–Crippen LogP) is 3.37. The molecule has 1 aromatic carbocycles. The molecule has 0 bridgehead atoms. The van der Waals surface area contributed by atoms with Crippen LogP contribution in [0.15, 0.2) is 30.5 Å². The largest absolute Gasteiger partial charge is 0.497 e. The van der Waals surface area contributed by atoms with Gasteiger partial charge in [0.1, 0.15) is 22.6 Å². The highest BCUT2D eigenvalue weighted by atomic mass is 35.5. The van der Waals surface area contributed by atoms with E-state index in [-0.39, 0.29) is 5.02 Å². The Labute approximate surface area is 121 Å². The quantitative estimate of drug-likeness (QED) is 0.934. The summed E-state index contributed by atoms with van der Waals surface area (Å²) in [5.41, 5.74) is 1.00. The van der Waals surface area contributed by atoms with Gasteiger partial charge in [0.2, 0.25) is 0 Å². The zero-order valence-corrected chi connectivity index (χ0v) is 11.7. The second-order valence-corrected chi connectivity index (χ2v) is 4.20. The van der Waals surface area contributed by atoms with Crippen molar-refractivity contribution in [2.45, 2.75) is 0 Å². The Hall–Kier alpha value is -2.45. The second-order valence-electron chi connectivity index (χ2n) is 3.82. The smallest absolute Gasteiger partial charge is 0.150 e. The fraction of sp³-hybridized carbons (Fsp3) is 0.143. The van der Waals surface area contributed by atoms with E-state index in [9.17, 15) is 0 Å². The van der Waals surface area contributed by atoms with Crippen molar-refractivity contribution in [2.24, 2.45) is 0 Å². The Kier molecular flexibility index (Phi) is 4.28. The SMILES string of the molecule is COc1ccc(OC)c(Nc2nccc(C#N)c2Cl)c1. The van der Waals surface area contributed by atoms with Gasteiger partial charge in [-0.2, -0.15) is 5.26 Å². The fourth-order valence-corrected chi connectivity index (χ4v) is 1.86. The van der Waals surface area contributed by atoms with Crippen molar-refractivity contribution in [3.05, 3.63) is 41.0 Å². The molecule has 1 heterocycles. The van der Waals surface area contributed by atoms with Crippen LogP contribution < -0.4 is 14.8 Å². The fourth-order valence-electron chi connectivity index (χ4n) is 1.66. The van der Waals surface area contributed by atoms with Crippen LogP contribution in [0, 0.1) is 11.3 Å². The third kappa shape index (κ3) is 2.76. The zero-order valence-electron chi connectivity index (χ0n) is 11.0. The maximum Gasteiger partial charge on any atom is 0.150 e. The van der Waals surface area contributed by atoms with E-state index < -0.39 is 0 Å². The van der Waals surface area contributed by atoms with Gasteiger partial charge < -0.3 is 14.8 Å². The van der Waals surface area contributed by atoms with Crippen LogP contribution in [0.1, 0.15) is 5.56 Å². The van der Waals surface area contributed by atoms with Crippen molar-refractivity contribution in [1.29, 1.82) is 5.26 Å². The first kappa shape index (κ1) is 14.0. The molecule has 0 aliphatic heterocycles. The molecule has 0 unspecified atom stereocenters. The Balaban J connectivity index is 2.42. The van der Waals surface area contributed by atoms with Gasteiger partial charge in [0, 0.05) is 12.3 Å². The van der Waals surface area contributed by atoms with Crippen molar-refractivity contribution in [2.75, 3.05) is 19.5 Å². The van der Waals surface area contributed by atoms with Crippen LogP contribution in [0.4, 0.5) is 11.5 Å². The van der Waals surface area contributed by atoms with Crippen molar-refractivity contribution >= 4 is 23.1 Å². The van der Waals surface area contributed by atoms with Gasteiger partial charge in [-0.1, -0.05) is 11.6 Å². The third-order valence-corrected chi connectivity index (χ3v) is 3.05. The summed E-state index contributed by atoms with van der Waals surface area (Å²) >= 11 is 6.11. The summed E-state index contributed by atoms with van der Waals surface area (Å²) < 4.78 is 10.4. The molecule has 0 atom stereocenters. The monoisotopic (exact) mass is 289 g/mol. The van der Waals surface area contributed by atoms with Gasteiger partial charge in [-0.15, -0.1) is 0 Å². The molecule has 1 aromatic heterocycles. The number of rotatable bonds is 4.